The molecule has 0 fully saturated rings. The van der Waals surface area contributed by atoms with Gasteiger partial charge in [0.05, 0.1) is 0 Å². The SMILES string of the molecule is CC/C=C\C/C=C\C/C=C\C/C=C\C/C=C\C/C=C\C/C=C\C/C=C\CCCCCCCCCCCCC(=O)OCC(COC(=O)CCCCCCCCCCCC)OC(=O)CCCCCCCCC/C=C\C/C=C\C/C=C\CC. The Morgan fingerprint density at radius 2 is 0.487 bits per heavy atom. The van der Waals surface area contributed by atoms with Crippen LogP contribution in [-0.4, -0.2) is 37.2 Å². The molecule has 0 aromatic rings. The summed E-state index contributed by atoms with van der Waals surface area (Å²) in [5.41, 5.74) is 0. The van der Waals surface area contributed by atoms with Crippen LogP contribution >= 0.6 is 0 Å². The molecule has 0 heterocycles. The van der Waals surface area contributed by atoms with E-state index in [0.717, 1.165) is 135 Å². The van der Waals surface area contributed by atoms with E-state index in [4.69, 9.17) is 14.2 Å². The Balaban J connectivity index is 4.19. The Kier molecular flexibility index (Phi) is 63.3. The van der Waals surface area contributed by atoms with Gasteiger partial charge in [0, 0.05) is 19.3 Å². The number of hydrogen-bond donors (Lipinski definition) is 0. The van der Waals surface area contributed by atoms with Crippen molar-refractivity contribution >= 4 is 17.9 Å². The monoisotopic (exact) mass is 1110 g/mol. The molecule has 80 heavy (non-hydrogen) atoms. The van der Waals surface area contributed by atoms with E-state index < -0.39 is 6.10 Å². The van der Waals surface area contributed by atoms with Crippen molar-refractivity contribution in [2.75, 3.05) is 13.2 Å². The lowest BCUT2D eigenvalue weighted by atomic mass is 10.1. The zero-order valence-electron chi connectivity index (χ0n) is 52.0. The number of hydrogen-bond acceptors (Lipinski definition) is 6. The van der Waals surface area contributed by atoms with Crippen molar-refractivity contribution in [1.29, 1.82) is 0 Å². The molecular weight excluding hydrogens is 985 g/mol. The van der Waals surface area contributed by atoms with Gasteiger partial charge in [-0.05, 0) is 116 Å². The molecule has 6 heteroatoms. The first kappa shape index (κ1) is 75.5. The van der Waals surface area contributed by atoms with Gasteiger partial charge in [-0.1, -0.05) is 296 Å². The maximum Gasteiger partial charge on any atom is 0.306 e. The van der Waals surface area contributed by atoms with Crippen molar-refractivity contribution in [3.63, 3.8) is 0 Å². The summed E-state index contributed by atoms with van der Waals surface area (Å²) in [6, 6.07) is 0. The molecule has 0 bridgehead atoms. The predicted molar refractivity (Wildman–Crippen MR) is 348 cm³/mol. The Hall–Kier alpha value is -4.45. The first-order chi connectivity index (χ1) is 39.5. The predicted octanol–water partition coefficient (Wildman–Crippen LogP) is 22.9. The number of ether oxygens (including phenoxy) is 3. The molecule has 1 unspecified atom stereocenters. The Morgan fingerprint density at radius 1 is 0.263 bits per heavy atom. The molecule has 0 saturated carbocycles. The summed E-state index contributed by atoms with van der Waals surface area (Å²) >= 11 is 0. The number of unbranched alkanes of at least 4 members (excludes halogenated alkanes) is 26. The third-order valence-electron chi connectivity index (χ3n) is 13.9. The lowest BCUT2D eigenvalue weighted by Crippen LogP contribution is -2.30. The van der Waals surface area contributed by atoms with Crippen LogP contribution in [0.1, 0.15) is 297 Å². The molecule has 0 aliphatic carbocycles. The summed E-state index contributed by atoms with van der Waals surface area (Å²) < 4.78 is 16.9. The van der Waals surface area contributed by atoms with Gasteiger partial charge in [0.15, 0.2) is 6.10 Å². The van der Waals surface area contributed by atoms with E-state index in [1.54, 1.807) is 0 Å². The van der Waals surface area contributed by atoms with Crippen molar-refractivity contribution in [2.45, 2.75) is 303 Å². The molecule has 0 aromatic heterocycles. The molecule has 6 nitrogen and oxygen atoms in total. The second-order valence-electron chi connectivity index (χ2n) is 21.6. The highest BCUT2D eigenvalue weighted by molar-refractivity contribution is 5.71. The van der Waals surface area contributed by atoms with E-state index in [2.05, 4.69) is 154 Å². The van der Waals surface area contributed by atoms with Crippen molar-refractivity contribution in [3.05, 3.63) is 134 Å². The average molecular weight is 1110 g/mol. The van der Waals surface area contributed by atoms with Crippen LogP contribution < -0.4 is 0 Å². The van der Waals surface area contributed by atoms with Gasteiger partial charge in [-0.3, -0.25) is 14.4 Å². The van der Waals surface area contributed by atoms with Gasteiger partial charge < -0.3 is 14.2 Å². The van der Waals surface area contributed by atoms with Crippen LogP contribution in [-0.2, 0) is 28.6 Å². The van der Waals surface area contributed by atoms with Crippen LogP contribution in [0.5, 0.6) is 0 Å². The fourth-order valence-electron chi connectivity index (χ4n) is 9.00. The van der Waals surface area contributed by atoms with E-state index in [1.807, 2.05) is 0 Å². The maximum absolute atomic E-state index is 12.9. The largest absolute Gasteiger partial charge is 0.462 e. The van der Waals surface area contributed by atoms with Gasteiger partial charge in [0.2, 0.25) is 0 Å². The molecule has 0 N–H and O–H groups in total. The highest BCUT2D eigenvalue weighted by Crippen LogP contribution is 2.16. The van der Waals surface area contributed by atoms with Gasteiger partial charge in [-0.25, -0.2) is 0 Å². The van der Waals surface area contributed by atoms with Crippen LogP contribution in [0.3, 0.4) is 0 Å². The summed E-state index contributed by atoms with van der Waals surface area (Å²) in [5, 5.41) is 0. The summed E-state index contributed by atoms with van der Waals surface area (Å²) in [5.74, 6) is -0.895. The molecule has 0 aliphatic rings. The van der Waals surface area contributed by atoms with Crippen molar-refractivity contribution in [1.82, 2.24) is 0 Å². The van der Waals surface area contributed by atoms with Crippen molar-refractivity contribution in [3.8, 4) is 0 Å². The maximum atomic E-state index is 12.9. The van der Waals surface area contributed by atoms with E-state index in [1.165, 1.54) is 122 Å². The van der Waals surface area contributed by atoms with E-state index in [0.29, 0.717) is 19.3 Å². The summed E-state index contributed by atoms with van der Waals surface area (Å²) in [6.07, 6.45) is 94.7. The van der Waals surface area contributed by atoms with Crippen LogP contribution in [0, 0.1) is 0 Å². The number of carbonyl (C=O) groups is 3. The van der Waals surface area contributed by atoms with Gasteiger partial charge in [-0.2, -0.15) is 0 Å². The molecular formula is C74H122O6. The van der Waals surface area contributed by atoms with Gasteiger partial charge in [-0.15, -0.1) is 0 Å². The van der Waals surface area contributed by atoms with Crippen molar-refractivity contribution in [2.24, 2.45) is 0 Å². The smallest absolute Gasteiger partial charge is 0.306 e. The Morgan fingerprint density at radius 3 is 0.762 bits per heavy atom. The first-order valence-electron chi connectivity index (χ1n) is 33.2. The van der Waals surface area contributed by atoms with Gasteiger partial charge >= 0.3 is 17.9 Å². The molecule has 0 rings (SSSR count). The van der Waals surface area contributed by atoms with E-state index in [-0.39, 0.29) is 31.1 Å². The minimum Gasteiger partial charge on any atom is -0.462 e. The quantitative estimate of drug-likeness (QED) is 0.0261. The lowest BCUT2D eigenvalue weighted by molar-refractivity contribution is -0.167. The topological polar surface area (TPSA) is 78.9 Å². The standard InChI is InChI=1S/C74H122O6/c1-4-7-10-13-16-19-22-24-26-28-29-30-31-32-33-34-35-36-37-38-39-40-41-42-43-44-45-47-48-50-52-55-58-61-64-67-73(76)79-70-71(69-78-72(75)66-63-60-57-54-21-18-15-12-9-6-3)80-74(77)68-65-62-59-56-53-51-49-46-27-25-23-20-17-14-11-8-5-2/h7-8,10-11,16-17,19-20,24-27,29-30,32-33,35-36,38-39,41-42,71H,4-6,9,12-15,18,21-23,28,31,34,37,40,43-70H2,1-3H3/b10-7-,11-8-,19-16-,20-17-,26-24-,27-25-,30-29-,33-32-,36-35-,39-38-,42-41-. The summed E-state index contributed by atoms with van der Waals surface area (Å²) in [6.45, 7) is 6.40. The molecule has 1 atom stereocenters. The second kappa shape index (κ2) is 67.1. The van der Waals surface area contributed by atoms with Gasteiger partial charge in [0.25, 0.3) is 0 Å². The third-order valence-corrected chi connectivity index (χ3v) is 13.9. The first-order valence-corrected chi connectivity index (χ1v) is 33.2. The summed E-state index contributed by atoms with van der Waals surface area (Å²) in [7, 11) is 0. The fraction of sp³-hybridized carbons (Fsp3) is 0.662. The fourth-order valence-corrected chi connectivity index (χ4v) is 9.00. The normalized spacial score (nSPS) is 13.0. The minimum absolute atomic E-state index is 0.0830. The molecule has 0 saturated heterocycles. The molecule has 0 radical (unpaired) electrons. The molecule has 454 valence electrons. The average Bonchev–Trinajstić information content (AvgIpc) is 3.46. The highest BCUT2D eigenvalue weighted by atomic mass is 16.6. The highest BCUT2D eigenvalue weighted by Gasteiger charge is 2.19. The lowest BCUT2D eigenvalue weighted by Gasteiger charge is -2.18. The number of carbonyl (C=O) groups excluding carboxylic acids is 3. The van der Waals surface area contributed by atoms with Crippen LogP contribution in [0.4, 0.5) is 0 Å². The molecule has 0 spiro atoms. The second-order valence-corrected chi connectivity index (χ2v) is 21.6. The molecule has 0 amide bonds. The van der Waals surface area contributed by atoms with Gasteiger partial charge in [0.1, 0.15) is 13.2 Å². The third kappa shape index (κ3) is 64.4. The Bertz CT molecular complexity index is 1700. The number of allylic oxidation sites excluding steroid dienone is 22. The number of rotatable bonds is 59. The molecule has 0 aliphatic heterocycles. The summed E-state index contributed by atoms with van der Waals surface area (Å²) in [4.78, 5) is 38.2. The molecule has 0 aromatic carbocycles. The minimum atomic E-state index is -0.786. The van der Waals surface area contributed by atoms with E-state index in [9.17, 15) is 14.4 Å². The zero-order chi connectivity index (χ0) is 57.8. The van der Waals surface area contributed by atoms with Crippen LogP contribution in [0.2, 0.25) is 0 Å². The van der Waals surface area contributed by atoms with Crippen LogP contribution in [0.25, 0.3) is 0 Å². The number of esters is 3. The Labute approximate surface area is 494 Å². The van der Waals surface area contributed by atoms with Crippen molar-refractivity contribution < 1.29 is 28.6 Å². The van der Waals surface area contributed by atoms with E-state index >= 15 is 0 Å². The zero-order valence-corrected chi connectivity index (χ0v) is 52.0. The van der Waals surface area contributed by atoms with Crippen LogP contribution in [0.15, 0.2) is 134 Å².